The van der Waals surface area contributed by atoms with E-state index in [1.54, 1.807) is 45.8 Å². The molecule has 0 saturated carbocycles. The fraction of sp³-hybridized carbons (Fsp3) is 0.188. The molecule has 0 saturated heterocycles. The normalized spacial score (nSPS) is 11.4. The van der Waals surface area contributed by atoms with Gasteiger partial charge in [0.25, 0.3) is 0 Å². The predicted octanol–water partition coefficient (Wildman–Crippen LogP) is 5.79. The summed E-state index contributed by atoms with van der Waals surface area (Å²) < 4.78 is 0. The first-order valence-electron chi connectivity index (χ1n) is 7.04. The van der Waals surface area contributed by atoms with Crippen molar-refractivity contribution >= 4 is 56.0 Å². The van der Waals surface area contributed by atoms with Gasteiger partial charge in [0, 0.05) is 27.0 Å². The predicted molar refractivity (Wildman–Crippen MR) is 102 cm³/mol. The number of hydrogen-bond donors (Lipinski definition) is 0. The Bertz CT molecular complexity index is 953. The van der Waals surface area contributed by atoms with E-state index in [0.29, 0.717) is 0 Å². The molecule has 0 aliphatic heterocycles. The van der Waals surface area contributed by atoms with E-state index < -0.39 is 0 Å². The number of thiophene rings is 2. The van der Waals surface area contributed by atoms with Crippen molar-refractivity contribution in [2.45, 2.75) is 24.6 Å². The van der Waals surface area contributed by atoms with Crippen molar-refractivity contribution in [1.82, 2.24) is 15.0 Å². The Labute approximate surface area is 150 Å². The van der Waals surface area contributed by atoms with Crippen molar-refractivity contribution < 1.29 is 0 Å². The van der Waals surface area contributed by atoms with Gasteiger partial charge in [-0.2, -0.15) is 0 Å². The van der Waals surface area contributed by atoms with Crippen LogP contribution in [0.2, 0.25) is 0 Å². The second kappa shape index (κ2) is 6.32. The van der Waals surface area contributed by atoms with Gasteiger partial charge in [0.15, 0.2) is 0 Å². The first-order valence-corrected chi connectivity index (χ1v) is 10.7. The zero-order chi connectivity index (χ0) is 15.8. The summed E-state index contributed by atoms with van der Waals surface area (Å²) in [4.78, 5) is 16.2. The van der Waals surface area contributed by atoms with Crippen LogP contribution in [0.1, 0.15) is 16.5 Å². The molecule has 23 heavy (non-hydrogen) atoms. The highest BCUT2D eigenvalue weighted by molar-refractivity contribution is 7.98. The third-order valence-electron chi connectivity index (χ3n) is 3.32. The monoisotopic (exact) mass is 375 g/mol. The van der Waals surface area contributed by atoms with Gasteiger partial charge in [-0.3, -0.25) is 0 Å². The minimum atomic E-state index is 0.828. The molecule has 4 rings (SSSR count). The molecule has 0 fully saturated rings. The summed E-state index contributed by atoms with van der Waals surface area (Å²) in [6, 6.07) is 4.24. The average Bonchev–Trinajstić information content (AvgIpc) is 3.23. The van der Waals surface area contributed by atoms with Crippen molar-refractivity contribution in [3.05, 3.63) is 44.8 Å². The molecule has 116 valence electrons. The summed E-state index contributed by atoms with van der Waals surface area (Å²) in [6.07, 6.45) is 0. The standard InChI is InChI=1S/C16H13N3S4/c1-9-17-15(22-7-11-6-21-10(2)19-11)14-12(8-23-16(14)18-9)13-4-3-5-20-13/h3-6,8H,7H2,1-2H3. The number of aromatic nitrogens is 3. The van der Waals surface area contributed by atoms with Gasteiger partial charge in [0.2, 0.25) is 0 Å². The van der Waals surface area contributed by atoms with Crippen molar-refractivity contribution in [1.29, 1.82) is 0 Å². The Morgan fingerprint density at radius 3 is 2.70 bits per heavy atom. The molecule has 0 radical (unpaired) electrons. The molecule has 0 spiro atoms. The van der Waals surface area contributed by atoms with Gasteiger partial charge in [0.05, 0.1) is 16.1 Å². The van der Waals surface area contributed by atoms with E-state index >= 15 is 0 Å². The van der Waals surface area contributed by atoms with E-state index in [2.05, 4.69) is 38.2 Å². The lowest BCUT2D eigenvalue weighted by molar-refractivity contribution is 1.01. The quantitative estimate of drug-likeness (QED) is 0.334. The Morgan fingerprint density at radius 2 is 1.96 bits per heavy atom. The summed E-state index contributed by atoms with van der Waals surface area (Å²) in [5.41, 5.74) is 2.37. The smallest absolute Gasteiger partial charge is 0.128 e. The third-order valence-corrected chi connectivity index (χ3v) is 6.93. The van der Waals surface area contributed by atoms with Gasteiger partial charge in [-0.1, -0.05) is 17.8 Å². The molecule has 0 aliphatic carbocycles. The SMILES string of the molecule is Cc1nc(SCc2csc(C)n2)c2c(-c3cccs3)csc2n1. The summed E-state index contributed by atoms with van der Waals surface area (Å²) in [7, 11) is 0. The number of thiazole rings is 1. The van der Waals surface area contributed by atoms with E-state index in [1.165, 1.54) is 15.8 Å². The van der Waals surface area contributed by atoms with E-state index in [1.807, 2.05) is 13.8 Å². The molecule has 7 heteroatoms. The average molecular weight is 376 g/mol. The molecule has 0 amide bonds. The Hall–Kier alpha value is -1.28. The second-order valence-corrected chi connectivity index (χ2v) is 8.86. The highest BCUT2D eigenvalue weighted by Gasteiger charge is 2.15. The van der Waals surface area contributed by atoms with Crippen LogP contribution in [0.3, 0.4) is 0 Å². The van der Waals surface area contributed by atoms with Crippen LogP contribution in [0.5, 0.6) is 0 Å². The maximum Gasteiger partial charge on any atom is 0.128 e. The largest absolute Gasteiger partial charge is 0.246 e. The third kappa shape index (κ3) is 3.06. The lowest BCUT2D eigenvalue weighted by Gasteiger charge is -2.05. The molecule has 0 atom stereocenters. The summed E-state index contributed by atoms with van der Waals surface area (Å²) in [5.74, 6) is 1.67. The Morgan fingerprint density at radius 1 is 1.04 bits per heavy atom. The first-order chi connectivity index (χ1) is 11.2. The lowest BCUT2D eigenvalue weighted by Crippen LogP contribution is -1.92. The zero-order valence-corrected chi connectivity index (χ0v) is 15.8. The molecular formula is C16H13N3S4. The number of thioether (sulfide) groups is 1. The highest BCUT2D eigenvalue weighted by Crippen LogP contribution is 2.40. The molecule has 4 aromatic rings. The fourth-order valence-corrected chi connectivity index (χ4v) is 5.92. The summed E-state index contributed by atoms with van der Waals surface area (Å²) in [6.45, 7) is 4.00. The van der Waals surface area contributed by atoms with Crippen LogP contribution in [0, 0.1) is 13.8 Å². The number of rotatable bonds is 4. The number of aryl methyl sites for hydroxylation is 2. The fourth-order valence-electron chi connectivity index (χ4n) is 2.35. The Kier molecular flexibility index (Phi) is 4.19. The van der Waals surface area contributed by atoms with E-state index in [0.717, 1.165) is 32.1 Å². The van der Waals surface area contributed by atoms with Crippen LogP contribution in [-0.2, 0) is 5.75 Å². The maximum absolute atomic E-state index is 4.70. The molecule has 3 nitrogen and oxygen atoms in total. The van der Waals surface area contributed by atoms with E-state index in [9.17, 15) is 0 Å². The highest BCUT2D eigenvalue weighted by atomic mass is 32.2. The number of nitrogens with zero attached hydrogens (tertiary/aromatic N) is 3. The van der Waals surface area contributed by atoms with E-state index in [-0.39, 0.29) is 0 Å². The molecule has 4 aromatic heterocycles. The van der Waals surface area contributed by atoms with Crippen LogP contribution >= 0.6 is 45.8 Å². The van der Waals surface area contributed by atoms with Crippen molar-refractivity contribution in [2.75, 3.05) is 0 Å². The van der Waals surface area contributed by atoms with Crippen LogP contribution in [-0.4, -0.2) is 15.0 Å². The lowest BCUT2D eigenvalue weighted by atomic mass is 10.2. The van der Waals surface area contributed by atoms with Crippen molar-refractivity contribution in [3.8, 4) is 10.4 Å². The molecule has 0 aliphatic rings. The van der Waals surface area contributed by atoms with Crippen molar-refractivity contribution in [3.63, 3.8) is 0 Å². The van der Waals surface area contributed by atoms with Gasteiger partial charge in [-0.15, -0.1) is 34.0 Å². The number of hydrogen-bond acceptors (Lipinski definition) is 7. The number of fused-ring (bicyclic) bond motifs is 1. The molecule has 0 N–H and O–H groups in total. The van der Waals surface area contributed by atoms with Gasteiger partial charge >= 0.3 is 0 Å². The molecule has 0 bridgehead atoms. The van der Waals surface area contributed by atoms with Crippen LogP contribution in [0.25, 0.3) is 20.7 Å². The summed E-state index contributed by atoms with van der Waals surface area (Å²) >= 11 is 6.90. The molecule has 0 unspecified atom stereocenters. The minimum Gasteiger partial charge on any atom is -0.246 e. The van der Waals surface area contributed by atoms with Crippen LogP contribution in [0.4, 0.5) is 0 Å². The van der Waals surface area contributed by atoms with Gasteiger partial charge < -0.3 is 0 Å². The topological polar surface area (TPSA) is 38.7 Å². The summed E-state index contributed by atoms with van der Waals surface area (Å²) in [5, 5.41) is 9.78. The van der Waals surface area contributed by atoms with Gasteiger partial charge in [-0.25, -0.2) is 15.0 Å². The van der Waals surface area contributed by atoms with Crippen molar-refractivity contribution in [2.24, 2.45) is 0 Å². The van der Waals surface area contributed by atoms with Crippen LogP contribution < -0.4 is 0 Å². The molecule has 4 heterocycles. The van der Waals surface area contributed by atoms with Crippen LogP contribution in [0.15, 0.2) is 33.3 Å². The Balaban J connectivity index is 1.76. The molecular weight excluding hydrogens is 362 g/mol. The zero-order valence-electron chi connectivity index (χ0n) is 12.6. The van der Waals surface area contributed by atoms with Gasteiger partial charge in [0.1, 0.15) is 15.7 Å². The minimum absolute atomic E-state index is 0.828. The van der Waals surface area contributed by atoms with E-state index in [4.69, 9.17) is 4.98 Å². The molecule has 0 aromatic carbocycles. The first kappa shape index (κ1) is 15.3. The van der Waals surface area contributed by atoms with Gasteiger partial charge in [-0.05, 0) is 25.3 Å². The second-order valence-electron chi connectivity index (χ2n) is 5.03. The maximum atomic E-state index is 4.70.